The Kier molecular flexibility index (Phi) is 5.66. The molecule has 1 atom stereocenters. The van der Waals surface area contributed by atoms with Crippen molar-refractivity contribution in [1.82, 2.24) is 0 Å². The number of benzene rings is 2. The minimum atomic E-state index is -0.0576. The molecule has 0 aliphatic carbocycles. The van der Waals surface area contributed by atoms with E-state index in [9.17, 15) is 0 Å². The van der Waals surface area contributed by atoms with Crippen LogP contribution < -0.4 is 10.5 Å². The van der Waals surface area contributed by atoms with Gasteiger partial charge in [-0.05, 0) is 41.7 Å². The molecule has 2 nitrogen and oxygen atoms in total. The number of hydrogen-bond acceptors (Lipinski definition) is 2. The van der Waals surface area contributed by atoms with Crippen LogP contribution >= 0.6 is 11.6 Å². The van der Waals surface area contributed by atoms with Crippen LogP contribution in [0.1, 0.15) is 37.4 Å². The van der Waals surface area contributed by atoms with E-state index >= 15 is 0 Å². The zero-order valence-corrected chi connectivity index (χ0v) is 13.3. The molecule has 0 saturated heterocycles. The molecule has 0 fully saturated rings. The van der Waals surface area contributed by atoms with E-state index in [1.807, 2.05) is 48.5 Å². The maximum atomic E-state index is 6.26. The minimum Gasteiger partial charge on any atom is -0.489 e. The molecular weight excluding hydrogens is 282 g/mol. The van der Waals surface area contributed by atoms with Gasteiger partial charge in [0.15, 0.2) is 0 Å². The summed E-state index contributed by atoms with van der Waals surface area (Å²) in [6.45, 7) is 4.86. The fourth-order valence-electron chi connectivity index (χ4n) is 2.27. The lowest BCUT2D eigenvalue weighted by Gasteiger charge is -2.17. The third-order valence-corrected chi connectivity index (χ3v) is 3.68. The van der Waals surface area contributed by atoms with Gasteiger partial charge in [-0.1, -0.05) is 55.8 Å². The molecule has 0 aromatic heterocycles. The largest absolute Gasteiger partial charge is 0.489 e. The second kappa shape index (κ2) is 7.48. The fraction of sp³-hybridized carbons (Fsp3) is 0.333. The lowest BCUT2D eigenvalue weighted by atomic mass is 9.97. The Labute approximate surface area is 131 Å². The number of nitrogens with two attached hydrogens (primary N) is 1. The SMILES string of the molecule is CC(C)CC(N)c1cc(OCc2ccccc2)ccc1Cl. The minimum absolute atomic E-state index is 0.0576. The highest BCUT2D eigenvalue weighted by molar-refractivity contribution is 6.31. The van der Waals surface area contributed by atoms with Crippen LogP contribution in [0.5, 0.6) is 5.75 Å². The molecule has 0 radical (unpaired) electrons. The predicted molar refractivity (Wildman–Crippen MR) is 88.6 cm³/mol. The summed E-state index contributed by atoms with van der Waals surface area (Å²) in [6.07, 6.45) is 0.905. The first-order chi connectivity index (χ1) is 10.1. The van der Waals surface area contributed by atoms with Crippen LogP contribution in [0.3, 0.4) is 0 Å². The normalized spacial score (nSPS) is 12.4. The van der Waals surface area contributed by atoms with Crippen molar-refractivity contribution in [2.75, 3.05) is 0 Å². The maximum absolute atomic E-state index is 6.26. The van der Waals surface area contributed by atoms with Crippen LogP contribution in [0.4, 0.5) is 0 Å². The van der Waals surface area contributed by atoms with Crippen molar-refractivity contribution in [3.63, 3.8) is 0 Å². The first-order valence-electron chi connectivity index (χ1n) is 7.28. The summed E-state index contributed by atoms with van der Waals surface area (Å²) in [7, 11) is 0. The van der Waals surface area contributed by atoms with E-state index in [4.69, 9.17) is 22.1 Å². The predicted octanol–water partition coefficient (Wildman–Crippen LogP) is 4.96. The van der Waals surface area contributed by atoms with E-state index in [1.165, 1.54) is 0 Å². The molecule has 0 aliphatic heterocycles. The highest BCUT2D eigenvalue weighted by Crippen LogP contribution is 2.29. The van der Waals surface area contributed by atoms with Gasteiger partial charge in [0.25, 0.3) is 0 Å². The van der Waals surface area contributed by atoms with E-state index in [2.05, 4.69) is 13.8 Å². The average Bonchev–Trinajstić information content (AvgIpc) is 2.46. The van der Waals surface area contributed by atoms with Gasteiger partial charge < -0.3 is 10.5 Å². The van der Waals surface area contributed by atoms with Crippen molar-refractivity contribution in [3.05, 3.63) is 64.7 Å². The smallest absolute Gasteiger partial charge is 0.120 e. The van der Waals surface area contributed by atoms with Gasteiger partial charge in [0, 0.05) is 11.1 Å². The Morgan fingerprint density at radius 1 is 1.10 bits per heavy atom. The van der Waals surface area contributed by atoms with E-state index in [0.717, 1.165) is 23.3 Å². The zero-order valence-electron chi connectivity index (χ0n) is 12.6. The fourth-order valence-corrected chi connectivity index (χ4v) is 2.53. The van der Waals surface area contributed by atoms with Crippen LogP contribution in [0.15, 0.2) is 48.5 Å². The molecule has 0 bridgehead atoms. The lowest BCUT2D eigenvalue weighted by Crippen LogP contribution is -2.13. The molecular formula is C18H22ClNO. The van der Waals surface area contributed by atoms with Crippen molar-refractivity contribution in [3.8, 4) is 5.75 Å². The highest BCUT2D eigenvalue weighted by Gasteiger charge is 2.13. The van der Waals surface area contributed by atoms with Gasteiger partial charge >= 0.3 is 0 Å². The Hall–Kier alpha value is -1.51. The van der Waals surface area contributed by atoms with Crippen molar-refractivity contribution in [1.29, 1.82) is 0 Å². The standard InChI is InChI=1S/C18H22ClNO/c1-13(2)10-18(20)16-11-15(8-9-17(16)19)21-12-14-6-4-3-5-7-14/h3-9,11,13,18H,10,12,20H2,1-2H3. The summed E-state index contributed by atoms with van der Waals surface area (Å²) < 4.78 is 5.83. The van der Waals surface area contributed by atoms with Crippen LogP contribution in [0.25, 0.3) is 0 Å². The van der Waals surface area contributed by atoms with Gasteiger partial charge in [0.05, 0.1) is 0 Å². The third kappa shape index (κ3) is 4.76. The third-order valence-electron chi connectivity index (χ3n) is 3.34. The van der Waals surface area contributed by atoms with Gasteiger partial charge in [-0.25, -0.2) is 0 Å². The van der Waals surface area contributed by atoms with E-state index < -0.39 is 0 Å². The highest BCUT2D eigenvalue weighted by atomic mass is 35.5. The summed E-state index contributed by atoms with van der Waals surface area (Å²) in [4.78, 5) is 0. The van der Waals surface area contributed by atoms with Gasteiger partial charge in [0.2, 0.25) is 0 Å². The molecule has 21 heavy (non-hydrogen) atoms. The Morgan fingerprint density at radius 2 is 1.81 bits per heavy atom. The Morgan fingerprint density at radius 3 is 2.48 bits per heavy atom. The molecule has 3 heteroatoms. The molecule has 0 heterocycles. The maximum Gasteiger partial charge on any atom is 0.120 e. The van der Waals surface area contributed by atoms with Gasteiger partial charge in [-0.15, -0.1) is 0 Å². The first-order valence-corrected chi connectivity index (χ1v) is 7.66. The average molecular weight is 304 g/mol. The van der Waals surface area contributed by atoms with Crippen molar-refractivity contribution in [2.45, 2.75) is 32.9 Å². The van der Waals surface area contributed by atoms with E-state index in [-0.39, 0.29) is 6.04 Å². The van der Waals surface area contributed by atoms with Gasteiger partial charge in [0.1, 0.15) is 12.4 Å². The molecule has 0 amide bonds. The Balaban J connectivity index is 2.07. The molecule has 2 aromatic carbocycles. The van der Waals surface area contributed by atoms with Crippen molar-refractivity contribution in [2.24, 2.45) is 11.7 Å². The molecule has 0 saturated carbocycles. The molecule has 2 aromatic rings. The topological polar surface area (TPSA) is 35.2 Å². The molecule has 2 N–H and O–H groups in total. The van der Waals surface area contributed by atoms with Crippen molar-refractivity contribution >= 4 is 11.6 Å². The number of rotatable bonds is 6. The summed E-state index contributed by atoms with van der Waals surface area (Å²) in [5.74, 6) is 1.34. The molecule has 0 spiro atoms. The van der Waals surface area contributed by atoms with Crippen LogP contribution in [0, 0.1) is 5.92 Å². The summed E-state index contributed by atoms with van der Waals surface area (Å²) in [6, 6.07) is 15.7. The molecule has 112 valence electrons. The lowest BCUT2D eigenvalue weighted by molar-refractivity contribution is 0.305. The van der Waals surface area contributed by atoms with Crippen molar-refractivity contribution < 1.29 is 4.74 Å². The number of halogens is 1. The monoisotopic (exact) mass is 303 g/mol. The van der Waals surface area contributed by atoms with E-state index in [0.29, 0.717) is 17.5 Å². The van der Waals surface area contributed by atoms with Gasteiger partial charge in [-0.2, -0.15) is 0 Å². The molecule has 0 aliphatic rings. The zero-order chi connectivity index (χ0) is 15.2. The molecule has 1 unspecified atom stereocenters. The quantitative estimate of drug-likeness (QED) is 0.818. The number of ether oxygens (including phenoxy) is 1. The molecule has 2 rings (SSSR count). The second-order valence-electron chi connectivity index (χ2n) is 5.69. The second-order valence-corrected chi connectivity index (χ2v) is 6.10. The summed E-state index contributed by atoms with van der Waals surface area (Å²) in [5, 5.41) is 0.704. The van der Waals surface area contributed by atoms with Crippen LogP contribution in [0.2, 0.25) is 5.02 Å². The van der Waals surface area contributed by atoms with E-state index in [1.54, 1.807) is 0 Å². The van der Waals surface area contributed by atoms with Crippen LogP contribution in [-0.2, 0) is 6.61 Å². The number of hydrogen-bond donors (Lipinski definition) is 1. The first kappa shape index (κ1) is 15.9. The van der Waals surface area contributed by atoms with Gasteiger partial charge in [-0.3, -0.25) is 0 Å². The Bertz CT molecular complexity index is 569. The summed E-state index contributed by atoms with van der Waals surface area (Å²) >= 11 is 6.26. The van der Waals surface area contributed by atoms with Crippen LogP contribution in [-0.4, -0.2) is 0 Å². The summed E-state index contributed by atoms with van der Waals surface area (Å²) in [5.41, 5.74) is 8.33.